The van der Waals surface area contributed by atoms with E-state index >= 15 is 0 Å². The highest BCUT2D eigenvalue weighted by Crippen LogP contribution is 2.36. The number of hydrogen-bond acceptors (Lipinski definition) is 2. The van der Waals surface area contributed by atoms with E-state index in [1.165, 1.54) is 6.07 Å². The average Bonchev–Trinajstić information content (AvgIpc) is 2.74. The van der Waals surface area contributed by atoms with Crippen LogP contribution < -0.4 is 0 Å². The third-order valence-electron chi connectivity index (χ3n) is 3.77. The van der Waals surface area contributed by atoms with Crippen LogP contribution >= 0.6 is 34.8 Å². The first-order chi connectivity index (χ1) is 11.4. The Bertz CT molecular complexity index is 872. The van der Waals surface area contributed by atoms with Crippen molar-refractivity contribution in [3.8, 4) is 0 Å². The van der Waals surface area contributed by atoms with E-state index in [4.69, 9.17) is 34.8 Å². The van der Waals surface area contributed by atoms with Crippen LogP contribution in [0.2, 0.25) is 10.0 Å². The Morgan fingerprint density at radius 2 is 1.58 bits per heavy atom. The number of aryl methyl sites for hydroxylation is 1. The number of nitrogens with zero attached hydrogens (tertiary/aromatic N) is 1. The molecule has 0 aliphatic carbocycles. The van der Waals surface area contributed by atoms with Gasteiger partial charge in [-0.1, -0.05) is 70.7 Å². The van der Waals surface area contributed by atoms with Gasteiger partial charge in [0.1, 0.15) is 5.03 Å². The molecular weight excluding hydrogens is 369 g/mol. The summed E-state index contributed by atoms with van der Waals surface area (Å²) in [7, 11) is 0. The summed E-state index contributed by atoms with van der Waals surface area (Å²) < 4.78 is 0. The minimum absolute atomic E-state index is 0.107. The minimum atomic E-state index is -0.525. The van der Waals surface area contributed by atoms with Gasteiger partial charge in [-0.15, -0.1) is 0 Å². The summed E-state index contributed by atoms with van der Waals surface area (Å²) in [6, 6.07) is 12.3. The maximum absolute atomic E-state index is 12.7. The summed E-state index contributed by atoms with van der Waals surface area (Å²) in [5.41, 5.74) is 2.45. The highest BCUT2D eigenvalue weighted by molar-refractivity contribution is 6.55. The summed E-state index contributed by atoms with van der Waals surface area (Å²) in [6.45, 7) is 2.12. The van der Waals surface area contributed by atoms with Crippen LogP contribution in [0, 0.1) is 6.92 Å². The predicted octanol–water partition coefficient (Wildman–Crippen LogP) is 4.82. The van der Waals surface area contributed by atoms with E-state index in [2.05, 4.69) is 0 Å². The number of benzene rings is 2. The van der Waals surface area contributed by atoms with E-state index in [0.29, 0.717) is 10.6 Å². The first-order valence-corrected chi connectivity index (χ1v) is 8.29. The van der Waals surface area contributed by atoms with Gasteiger partial charge in [0.15, 0.2) is 0 Å². The van der Waals surface area contributed by atoms with Crippen molar-refractivity contribution in [2.75, 3.05) is 0 Å². The highest BCUT2D eigenvalue weighted by Gasteiger charge is 2.38. The molecule has 0 N–H and O–H groups in total. The van der Waals surface area contributed by atoms with Crippen molar-refractivity contribution < 1.29 is 9.59 Å². The van der Waals surface area contributed by atoms with E-state index in [0.717, 1.165) is 16.0 Å². The lowest BCUT2D eigenvalue weighted by molar-refractivity contribution is -0.137. The molecule has 3 rings (SSSR count). The highest BCUT2D eigenvalue weighted by atomic mass is 35.5. The van der Waals surface area contributed by atoms with Crippen LogP contribution in [0.1, 0.15) is 16.7 Å². The second-order valence-electron chi connectivity index (χ2n) is 5.50. The molecule has 2 aromatic rings. The molecule has 0 saturated carbocycles. The van der Waals surface area contributed by atoms with Crippen molar-refractivity contribution >= 4 is 52.2 Å². The molecule has 0 bridgehead atoms. The standard InChI is InChI=1S/C18H12Cl3NO2/c1-10-2-4-11(5-3-10)9-22-17(23)15(16(21)18(22)24)13-7-6-12(19)8-14(13)20/h2-8H,9H2,1H3. The largest absolute Gasteiger partial charge is 0.273 e. The van der Waals surface area contributed by atoms with Gasteiger partial charge in [0.05, 0.1) is 17.1 Å². The van der Waals surface area contributed by atoms with Gasteiger partial charge in [-0.2, -0.15) is 0 Å². The van der Waals surface area contributed by atoms with Gasteiger partial charge >= 0.3 is 0 Å². The second-order valence-corrected chi connectivity index (χ2v) is 6.72. The fourth-order valence-electron chi connectivity index (χ4n) is 2.49. The lowest BCUT2D eigenvalue weighted by Crippen LogP contribution is -2.30. The van der Waals surface area contributed by atoms with Gasteiger partial charge < -0.3 is 0 Å². The van der Waals surface area contributed by atoms with Crippen LogP contribution in [0.25, 0.3) is 5.57 Å². The van der Waals surface area contributed by atoms with E-state index < -0.39 is 11.8 Å². The molecule has 0 unspecified atom stereocenters. The number of hydrogen-bond donors (Lipinski definition) is 0. The molecule has 2 aromatic carbocycles. The molecule has 1 aliphatic heterocycles. The number of carbonyl (C=O) groups is 2. The summed E-state index contributed by atoms with van der Waals surface area (Å²) in [5.74, 6) is -0.988. The topological polar surface area (TPSA) is 37.4 Å². The number of amides is 2. The van der Waals surface area contributed by atoms with Crippen molar-refractivity contribution in [1.29, 1.82) is 0 Å². The van der Waals surface area contributed by atoms with Gasteiger partial charge in [0, 0.05) is 10.6 Å². The maximum atomic E-state index is 12.7. The maximum Gasteiger partial charge on any atom is 0.273 e. The molecule has 0 spiro atoms. The van der Waals surface area contributed by atoms with Gasteiger partial charge in [-0.05, 0) is 24.6 Å². The van der Waals surface area contributed by atoms with Crippen molar-refractivity contribution in [2.24, 2.45) is 0 Å². The molecule has 6 heteroatoms. The van der Waals surface area contributed by atoms with Gasteiger partial charge in [-0.3, -0.25) is 14.5 Å². The van der Waals surface area contributed by atoms with E-state index in [-0.39, 0.29) is 22.2 Å². The summed E-state index contributed by atoms with van der Waals surface area (Å²) in [5, 5.41) is 0.582. The third-order valence-corrected chi connectivity index (χ3v) is 4.67. The molecule has 0 aromatic heterocycles. The zero-order valence-electron chi connectivity index (χ0n) is 12.6. The zero-order valence-corrected chi connectivity index (χ0v) is 14.9. The molecule has 3 nitrogen and oxygen atoms in total. The molecule has 2 amide bonds. The predicted molar refractivity (Wildman–Crippen MR) is 96.0 cm³/mol. The summed E-state index contributed by atoms with van der Waals surface area (Å²) >= 11 is 18.2. The van der Waals surface area contributed by atoms with Crippen LogP contribution in [-0.4, -0.2) is 16.7 Å². The van der Waals surface area contributed by atoms with Crippen LogP contribution in [0.4, 0.5) is 0 Å². The molecule has 122 valence electrons. The zero-order chi connectivity index (χ0) is 17.4. The van der Waals surface area contributed by atoms with Crippen molar-refractivity contribution in [3.63, 3.8) is 0 Å². The number of carbonyl (C=O) groups excluding carboxylic acids is 2. The average molecular weight is 381 g/mol. The third kappa shape index (κ3) is 3.07. The Morgan fingerprint density at radius 1 is 0.917 bits per heavy atom. The van der Waals surface area contributed by atoms with Crippen LogP contribution in [-0.2, 0) is 16.1 Å². The van der Waals surface area contributed by atoms with Crippen molar-refractivity contribution in [3.05, 3.63) is 74.2 Å². The Hall–Kier alpha value is -1.81. The monoisotopic (exact) mass is 379 g/mol. The normalized spacial score (nSPS) is 14.8. The van der Waals surface area contributed by atoms with Crippen LogP contribution in [0.5, 0.6) is 0 Å². The molecule has 0 atom stereocenters. The number of halogens is 3. The fraction of sp³-hybridized carbons (Fsp3) is 0.111. The second kappa shape index (κ2) is 6.60. The quantitative estimate of drug-likeness (QED) is 0.716. The van der Waals surface area contributed by atoms with Gasteiger partial charge in [-0.25, -0.2) is 0 Å². The molecule has 1 heterocycles. The summed E-state index contributed by atoms with van der Waals surface area (Å²) in [4.78, 5) is 26.2. The fourth-order valence-corrected chi connectivity index (χ4v) is 3.28. The van der Waals surface area contributed by atoms with Gasteiger partial charge in [0.25, 0.3) is 11.8 Å². The Morgan fingerprint density at radius 3 is 2.21 bits per heavy atom. The SMILES string of the molecule is Cc1ccc(CN2C(=O)C(Cl)=C(c3ccc(Cl)cc3Cl)C2=O)cc1. The van der Waals surface area contributed by atoms with Crippen molar-refractivity contribution in [2.45, 2.75) is 13.5 Å². The van der Waals surface area contributed by atoms with Gasteiger partial charge in [0.2, 0.25) is 0 Å². The molecule has 0 saturated heterocycles. The van der Waals surface area contributed by atoms with Crippen LogP contribution in [0.3, 0.4) is 0 Å². The number of rotatable bonds is 3. The molecular formula is C18H12Cl3NO2. The first-order valence-electron chi connectivity index (χ1n) is 7.15. The molecule has 0 fully saturated rings. The molecule has 1 aliphatic rings. The van der Waals surface area contributed by atoms with Crippen LogP contribution in [0.15, 0.2) is 47.5 Å². The Labute approximate surface area is 154 Å². The lowest BCUT2D eigenvalue weighted by Gasteiger charge is -2.15. The Balaban J connectivity index is 1.94. The molecule has 24 heavy (non-hydrogen) atoms. The summed E-state index contributed by atoms with van der Waals surface area (Å²) in [6.07, 6.45) is 0. The number of imide groups is 1. The smallest absolute Gasteiger partial charge is 0.269 e. The minimum Gasteiger partial charge on any atom is -0.269 e. The van der Waals surface area contributed by atoms with E-state index in [1.54, 1.807) is 12.1 Å². The first kappa shape index (κ1) is 17.0. The van der Waals surface area contributed by atoms with Crippen molar-refractivity contribution in [1.82, 2.24) is 4.90 Å². The van der Waals surface area contributed by atoms with E-state index in [1.807, 2.05) is 31.2 Å². The lowest BCUT2D eigenvalue weighted by atomic mass is 10.1. The Kier molecular flexibility index (Phi) is 4.68. The molecule has 0 radical (unpaired) electrons. The van der Waals surface area contributed by atoms with E-state index in [9.17, 15) is 9.59 Å².